The van der Waals surface area contributed by atoms with Crippen molar-refractivity contribution in [2.75, 3.05) is 85.7 Å². The molecule has 0 amide bonds. The Balaban J connectivity index is 1.62. The van der Waals surface area contributed by atoms with Crippen LogP contribution in [0, 0.1) is 0 Å². The van der Waals surface area contributed by atoms with Gasteiger partial charge in [-0.2, -0.15) is 0 Å². The van der Waals surface area contributed by atoms with Crippen molar-refractivity contribution in [3.8, 4) is 0 Å². The van der Waals surface area contributed by atoms with Gasteiger partial charge in [0.25, 0.3) is 0 Å². The molecule has 0 aromatic heterocycles. The molecule has 2 rings (SSSR count). The summed E-state index contributed by atoms with van der Waals surface area (Å²) in [4.78, 5) is 9.52. The fourth-order valence-corrected chi connectivity index (χ4v) is 3.03. The molecule has 0 bridgehead atoms. The Morgan fingerprint density at radius 1 is 0.952 bits per heavy atom. The van der Waals surface area contributed by atoms with Gasteiger partial charge in [0.15, 0.2) is 0 Å². The summed E-state index contributed by atoms with van der Waals surface area (Å²) in [5, 5.41) is 9.55. The SMILES string of the molecule is CCN1CCN(CCOC(CO)N2CCN(C)CC2)CC1. The van der Waals surface area contributed by atoms with Gasteiger partial charge in [-0.1, -0.05) is 6.92 Å². The van der Waals surface area contributed by atoms with Gasteiger partial charge in [0.1, 0.15) is 6.23 Å². The van der Waals surface area contributed by atoms with Crippen LogP contribution in [0.2, 0.25) is 0 Å². The van der Waals surface area contributed by atoms with E-state index in [0.29, 0.717) is 6.61 Å². The van der Waals surface area contributed by atoms with Crippen LogP contribution in [0.15, 0.2) is 0 Å². The van der Waals surface area contributed by atoms with Crippen LogP contribution >= 0.6 is 0 Å². The van der Waals surface area contributed by atoms with Gasteiger partial charge in [0.05, 0.1) is 13.2 Å². The molecule has 2 aliphatic rings. The average Bonchev–Trinajstić information content (AvgIpc) is 2.53. The first-order valence-electron chi connectivity index (χ1n) is 8.32. The van der Waals surface area contributed by atoms with E-state index in [9.17, 15) is 5.11 Å². The molecule has 2 aliphatic heterocycles. The number of hydrogen-bond acceptors (Lipinski definition) is 6. The van der Waals surface area contributed by atoms with Crippen molar-refractivity contribution in [1.82, 2.24) is 19.6 Å². The maximum absolute atomic E-state index is 9.55. The van der Waals surface area contributed by atoms with Gasteiger partial charge in [0.2, 0.25) is 0 Å². The molecule has 0 spiro atoms. The lowest BCUT2D eigenvalue weighted by Crippen LogP contribution is -2.52. The molecule has 0 saturated carbocycles. The highest BCUT2D eigenvalue weighted by Gasteiger charge is 2.22. The molecule has 2 saturated heterocycles. The Hall–Kier alpha value is -0.240. The monoisotopic (exact) mass is 300 g/mol. The highest BCUT2D eigenvalue weighted by Crippen LogP contribution is 2.07. The van der Waals surface area contributed by atoms with E-state index in [1.807, 2.05) is 0 Å². The zero-order chi connectivity index (χ0) is 15.1. The lowest BCUT2D eigenvalue weighted by molar-refractivity contribution is -0.103. The summed E-state index contributed by atoms with van der Waals surface area (Å²) in [5.74, 6) is 0. The first kappa shape index (κ1) is 17.1. The van der Waals surface area contributed by atoms with E-state index < -0.39 is 0 Å². The maximum Gasteiger partial charge on any atom is 0.134 e. The van der Waals surface area contributed by atoms with Crippen LogP contribution in [0.5, 0.6) is 0 Å². The summed E-state index contributed by atoms with van der Waals surface area (Å²) in [6, 6.07) is 0. The molecular weight excluding hydrogens is 268 g/mol. The van der Waals surface area contributed by atoms with Crippen molar-refractivity contribution in [2.24, 2.45) is 0 Å². The Morgan fingerprint density at radius 2 is 1.57 bits per heavy atom. The van der Waals surface area contributed by atoms with Crippen molar-refractivity contribution in [2.45, 2.75) is 13.2 Å². The molecule has 124 valence electrons. The van der Waals surface area contributed by atoms with E-state index in [1.165, 1.54) is 13.1 Å². The van der Waals surface area contributed by atoms with E-state index in [4.69, 9.17) is 4.74 Å². The number of aliphatic hydroxyl groups excluding tert-OH is 1. The van der Waals surface area contributed by atoms with E-state index >= 15 is 0 Å². The van der Waals surface area contributed by atoms with E-state index in [-0.39, 0.29) is 12.8 Å². The normalized spacial score (nSPS) is 25.3. The van der Waals surface area contributed by atoms with Crippen molar-refractivity contribution in [1.29, 1.82) is 0 Å². The van der Waals surface area contributed by atoms with Gasteiger partial charge in [-0.15, -0.1) is 0 Å². The second kappa shape index (κ2) is 9.02. The number of rotatable bonds is 7. The van der Waals surface area contributed by atoms with Crippen LogP contribution in [-0.4, -0.2) is 117 Å². The van der Waals surface area contributed by atoms with Gasteiger partial charge < -0.3 is 19.6 Å². The second-order valence-electron chi connectivity index (χ2n) is 6.12. The Labute approximate surface area is 129 Å². The Morgan fingerprint density at radius 3 is 2.14 bits per heavy atom. The zero-order valence-electron chi connectivity index (χ0n) is 13.7. The summed E-state index contributed by atoms with van der Waals surface area (Å²) < 4.78 is 5.92. The number of piperazine rings is 2. The third-order valence-electron chi connectivity index (χ3n) is 4.73. The predicted octanol–water partition coefficient (Wildman–Crippen LogP) is -0.794. The first-order valence-corrected chi connectivity index (χ1v) is 8.32. The minimum atomic E-state index is -0.129. The minimum absolute atomic E-state index is 0.0906. The maximum atomic E-state index is 9.55. The summed E-state index contributed by atoms with van der Waals surface area (Å²) in [6.07, 6.45) is -0.129. The smallest absolute Gasteiger partial charge is 0.134 e. The van der Waals surface area contributed by atoms with Gasteiger partial charge in [-0.05, 0) is 13.6 Å². The third kappa shape index (κ3) is 5.47. The topological polar surface area (TPSA) is 42.4 Å². The molecule has 0 aliphatic carbocycles. The number of nitrogens with zero attached hydrogens (tertiary/aromatic N) is 4. The standard InChI is InChI=1S/C15H32N4O2/c1-3-17-6-8-18(9-7-17)12-13-21-15(14-20)19-10-4-16(2)5-11-19/h15,20H,3-14H2,1-2H3. The molecule has 1 atom stereocenters. The molecule has 2 heterocycles. The molecule has 0 radical (unpaired) electrons. The van der Waals surface area contributed by atoms with Crippen LogP contribution in [0.1, 0.15) is 6.92 Å². The summed E-state index contributed by atoms with van der Waals surface area (Å²) in [5.41, 5.74) is 0. The minimum Gasteiger partial charge on any atom is -0.392 e. The fourth-order valence-electron chi connectivity index (χ4n) is 3.03. The molecular formula is C15H32N4O2. The highest BCUT2D eigenvalue weighted by molar-refractivity contribution is 4.73. The third-order valence-corrected chi connectivity index (χ3v) is 4.73. The van der Waals surface area contributed by atoms with Crippen molar-refractivity contribution >= 4 is 0 Å². The molecule has 6 heteroatoms. The van der Waals surface area contributed by atoms with Crippen LogP contribution in [0.25, 0.3) is 0 Å². The van der Waals surface area contributed by atoms with Crippen molar-refractivity contribution in [3.63, 3.8) is 0 Å². The molecule has 6 nitrogen and oxygen atoms in total. The van der Waals surface area contributed by atoms with Gasteiger partial charge in [0, 0.05) is 58.9 Å². The second-order valence-corrected chi connectivity index (χ2v) is 6.12. The Bertz CT molecular complexity index is 277. The first-order chi connectivity index (χ1) is 10.2. The Kier molecular flexibility index (Phi) is 7.36. The quantitative estimate of drug-likeness (QED) is 0.664. The van der Waals surface area contributed by atoms with Crippen LogP contribution in [0.3, 0.4) is 0 Å². The van der Waals surface area contributed by atoms with Gasteiger partial charge in [-0.25, -0.2) is 0 Å². The summed E-state index contributed by atoms with van der Waals surface area (Å²) in [7, 11) is 2.14. The predicted molar refractivity (Wildman–Crippen MR) is 84.4 cm³/mol. The summed E-state index contributed by atoms with van der Waals surface area (Å²) in [6.45, 7) is 13.8. The largest absolute Gasteiger partial charge is 0.392 e. The lowest BCUT2D eigenvalue weighted by Gasteiger charge is -2.37. The number of likely N-dealkylation sites (N-methyl/N-ethyl adjacent to an activating group) is 2. The van der Waals surface area contributed by atoms with E-state index in [2.05, 4.69) is 33.6 Å². The van der Waals surface area contributed by atoms with Crippen molar-refractivity contribution in [3.05, 3.63) is 0 Å². The van der Waals surface area contributed by atoms with Crippen LogP contribution in [0.4, 0.5) is 0 Å². The van der Waals surface area contributed by atoms with Crippen LogP contribution in [-0.2, 0) is 4.74 Å². The van der Waals surface area contributed by atoms with Crippen LogP contribution < -0.4 is 0 Å². The molecule has 0 aromatic rings. The van der Waals surface area contributed by atoms with Gasteiger partial charge >= 0.3 is 0 Å². The summed E-state index contributed by atoms with van der Waals surface area (Å²) >= 11 is 0. The van der Waals surface area contributed by atoms with Gasteiger partial charge in [-0.3, -0.25) is 9.80 Å². The zero-order valence-corrected chi connectivity index (χ0v) is 13.7. The van der Waals surface area contributed by atoms with E-state index in [1.54, 1.807) is 0 Å². The lowest BCUT2D eigenvalue weighted by atomic mass is 10.3. The number of aliphatic hydroxyl groups is 1. The molecule has 1 unspecified atom stereocenters. The molecule has 2 fully saturated rings. The molecule has 21 heavy (non-hydrogen) atoms. The number of ether oxygens (including phenoxy) is 1. The average molecular weight is 300 g/mol. The molecule has 0 aromatic carbocycles. The van der Waals surface area contributed by atoms with Crippen molar-refractivity contribution < 1.29 is 9.84 Å². The highest BCUT2D eigenvalue weighted by atomic mass is 16.5. The van der Waals surface area contributed by atoms with E-state index in [0.717, 1.165) is 52.4 Å². The number of hydrogen-bond donors (Lipinski definition) is 1. The fraction of sp³-hybridized carbons (Fsp3) is 1.00. The molecule has 1 N–H and O–H groups in total.